The highest BCUT2D eigenvalue weighted by Crippen LogP contribution is 2.59. The Labute approximate surface area is 136 Å². The van der Waals surface area contributed by atoms with Crippen LogP contribution in [-0.4, -0.2) is 44.8 Å². The number of hydrogen-bond donors (Lipinski definition) is 1. The van der Waals surface area contributed by atoms with Gasteiger partial charge in [-0.3, -0.25) is 14.3 Å². The molecule has 0 radical (unpaired) electrons. The number of nitrogens with zero attached hydrogens (tertiary/aromatic N) is 3. The van der Waals surface area contributed by atoms with E-state index in [1.165, 1.54) is 0 Å². The summed E-state index contributed by atoms with van der Waals surface area (Å²) in [5, 5.41) is 13.6. The van der Waals surface area contributed by atoms with Crippen LogP contribution in [0.1, 0.15) is 50.0 Å². The average Bonchev–Trinajstić information content (AvgIpc) is 3.07. The molecule has 1 N–H and O–H groups in total. The van der Waals surface area contributed by atoms with Gasteiger partial charge in [0.15, 0.2) is 0 Å². The molecule has 0 bridgehead atoms. The van der Waals surface area contributed by atoms with Crippen LogP contribution in [0.4, 0.5) is 0 Å². The Bertz CT molecular complexity index is 629. The summed E-state index contributed by atoms with van der Waals surface area (Å²) in [7, 11) is 0. The zero-order valence-electron chi connectivity index (χ0n) is 14.1. The lowest BCUT2D eigenvalue weighted by Gasteiger charge is -2.33. The monoisotopic (exact) mass is 319 g/mol. The number of carbonyl (C=O) groups excluding carboxylic acids is 1. The van der Waals surface area contributed by atoms with Crippen LogP contribution in [0.5, 0.6) is 0 Å². The zero-order valence-corrected chi connectivity index (χ0v) is 14.1. The van der Waals surface area contributed by atoms with Gasteiger partial charge >= 0.3 is 5.97 Å². The minimum atomic E-state index is -0.678. The number of aryl methyl sites for hydroxylation is 2. The quantitative estimate of drug-likeness (QED) is 0.923. The van der Waals surface area contributed by atoms with Gasteiger partial charge in [-0.2, -0.15) is 5.10 Å². The number of rotatable bonds is 4. The third-order valence-electron chi connectivity index (χ3n) is 5.53. The molecular weight excluding hydrogens is 294 g/mol. The SMILES string of the molecule is Cc1cc(C)n(C(C)CC(=O)N2CCC3(CC2)CC3C(=O)O)n1. The molecule has 1 aliphatic carbocycles. The normalized spacial score (nSPS) is 23.8. The Hall–Kier alpha value is -1.85. The predicted octanol–water partition coefficient (Wildman–Crippen LogP) is 2.16. The van der Waals surface area contributed by atoms with Crippen molar-refractivity contribution in [3.63, 3.8) is 0 Å². The Morgan fingerprint density at radius 3 is 2.52 bits per heavy atom. The minimum absolute atomic E-state index is 0.0239. The first-order chi connectivity index (χ1) is 10.8. The fourth-order valence-electron chi connectivity index (χ4n) is 4.01. The maximum absolute atomic E-state index is 12.5. The number of carboxylic acids is 1. The molecule has 1 aromatic heterocycles. The molecule has 126 valence electrons. The first kappa shape index (κ1) is 16.0. The van der Waals surface area contributed by atoms with Gasteiger partial charge in [-0.05, 0) is 51.5 Å². The van der Waals surface area contributed by atoms with Crippen LogP contribution >= 0.6 is 0 Å². The van der Waals surface area contributed by atoms with Crippen molar-refractivity contribution in [2.75, 3.05) is 13.1 Å². The number of likely N-dealkylation sites (tertiary alicyclic amines) is 1. The lowest BCUT2D eigenvalue weighted by Crippen LogP contribution is -2.40. The van der Waals surface area contributed by atoms with E-state index >= 15 is 0 Å². The lowest BCUT2D eigenvalue weighted by atomic mass is 9.90. The minimum Gasteiger partial charge on any atom is -0.481 e. The Morgan fingerprint density at radius 1 is 1.39 bits per heavy atom. The number of carboxylic acid groups (broad SMARTS) is 1. The Kier molecular flexibility index (Phi) is 3.94. The molecule has 23 heavy (non-hydrogen) atoms. The molecular formula is C17H25N3O3. The number of amides is 1. The van der Waals surface area contributed by atoms with Crippen LogP contribution in [0.15, 0.2) is 6.07 Å². The summed E-state index contributed by atoms with van der Waals surface area (Å²) in [6, 6.07) is 2.06. The highest BCUT2D eigenvalue weighted by Gasteiger charge is 2.59. The maximum atomic E-state index is 12.5. The van der Waals surface area contributed by atoms with Crippen molar-refractivity contribution in [2.45, 2.75) is 52.5 Å². The fraction of sp³-hybridized carbons (Fsp3) is 0.706. The van der Waals surface area contributed by atoms with Crippen LogP contribution in [-0.2, 0) is 9.59 Å². The van der Waals surface area contributed by atoms with Gasteiger partial charge in [0.05, 0.1) is 17.7 Å². The molecule has 3 rings (SSSR count). The summed E-state index contributed by atoms with van der Waals surface area (Å²) in [6.07, 6.45) is 2.87. The van der Waals surface area contributed by atoms with Crippen molar-refractivity contribution in [1.82, 2.24) is 14.7 Å². The smallest absolute Gasteiger partial charge is 0.307 e. The second-order valence-corrected chi connectivity index (χ2v) is 7.26. The Morgan fingerprint density at radius 2 is 2.04 bits per heavy atom. The van der Waals surface area contributed by atoms with E-state index in [0.29, 0.717) is 19.5 Å². The number of aliphatic carboxylic acids is 1. The van der Waals surface area contributed by atoms with Crippen molar-refractivity contribution < 1.29 is 14.7 Å². The molecule has 1 spiro atoms. The molecule has 2 aliphatic rings. The second-order valence-electron chi connectivity index (χ2n) is 7.26. The third-order valence-corrected chi connectivity index (χ3v) is 5.53. The molecule has 1 saturated heterocycles. The highest BCUT2D eigenvalue weighted by molar-refractivity contribution is 5.77. The first-order valence-electron chi connectivity index (χ1n) is 8.36. The van der Waals surface area contributed by atoms with Gasteiger partial charge in [-0.15, -0.1) is 0 Å². The van der Waals surface area contributed by atoms with Crippen LogP contribution < -0.4 is 0 Å². The van der Waals surface area contributed by atoms with Gasteiger partial charge < -0.3 is 10.0 Å². The van der Waals surface area contributed by atoms with Gasteiger partial charge in [0.25, 0.3) is 0 Å². The van der Waals surface area contributed by atoms with Gasteiger partial charge in [-0.1, -0.05) is 0 Å². The zero-order chi connectivity index (χ0) is 16.8. The average molecular weight is 319 g/mol. The van der Waals surface area contributed by atoms with Gasteiger partial charge in [0, 0.05) is 25.2 Å². The van der Waals surface area contributed by atoms with Crippen molar-refractivity contribution in [2.24, 2.45) is 11.3 Å². The van der Waals surface area contributed by atoms with E-state index < -0.39 is 5.97 Å². The molecule has 0 aromatic carbocycles. The van der Waals surface area contributed by atoms with Crippen molar-refractivity contribution >= 4 is 11.9 Å². The molecule has 2 heterocycles. The van der Waals surface area contributed by atoms with Crippen LogP contribution in [0, 0.1) is 25.2 Å². The molecule has 1 saturated carbocycles. The summed E-state index contributed by atoms with van der Waals surface area (Å²) in [5.41, 5.74) is 2.02. The van der Waals surface area contributed by atoms with Crippen molar-refractivity contribution in [1.29, 1.82) is 0 Å². The van der Waals surface area contributed by atoms with E-state index in [0.717, 1.165) is 30.7 Å². The molecule has 2 atom stereocenters. The molecule has 6 nitrogen and oxygen atoms in total. The summed E-state index contributed by atoms with van der Waals surface area (Å²) in [6.45, 7) is 7.35. The largest absolute Gasteiger partial charge is 0.481 e. The number of aromatic nitrogens is 2. The van der Waals surface area contributed by atoms with Gasteiger partial charge in [-0.25, -0.2) is 0 Å². The fourth-order valence-corrected chi connectivity index (χ4v) is 4.01. The number of carbonyl (C=O) groups is 2. The molecule has 2 unspecified atom stereocenters. The maximum Gasteiger partial charge on any atom is 0.307 e. The molecule has 1 aliphatic heterocycles. The van der Waals surface area contributed by atoms with Crippen LogP contribution in [0.3, 0.4) is 0 Å². The van der Waals surface area contributed by atoms with E-state index in [2.05, 4.69) is 5.10 Å². The van der Waals surface area contributed by atoms with Crippen molar-refractivity contribution in [3.05, 3.63) is 17.5 Å². The van der Waals surface area contributed by atoms with E-state index in [9.17, 15) is 9.59 Å². The molecule has 1 aromatic rings. The predicted molar refractivity (Wildman–Crippen MR) is 85.0 cm³/mol. The van der Waals surface area contributed by atoms with Gasteiger partial charge in [0.1, 0.15) is 0 Å². The summed E-state index contributed by atoms with van der Waals surface area (Å²) < 4.78 is 1.92. The van der Waals surface area contributed by atoms with Crippen molar-refractivity contribution in [3.8, 4) is 0 Å². The summed E-state index contributed by atoms with van der Waals surface area (Å²) in [5.74, 6) is -0.719. The van der Waals surface area contributed by atoms with E-state index in [1.807, 2.05) is 36.4 Å². The summed E-state index contributed by atoms with van der Waals surface area (Å²) >= 11 is 0. The molecule has 1 amide bonds. The van der Waals surface area contributed by atoms with E-state index in [4.69, 9.17) is 5.11 Å². The lowest BCUT2D eigenvalue weighted by molar-refractivity contribution is -0.140. The van der Waals surface area contributed by atoms with Crippen LogP contribution in [0.2, 0.25) is 0 Å². The number of hydrogen-bond acceptors (Lipinski definition) is 3. The number of piperidine rings is 1. The third kappa shape index (κ3) is 2.99. The van der Waals surface area contributed by atoms with Gasteiger partial charge in [0.2, 0.25) is 5.91 Å². The molecule has 2 fully saturated rings. The summed E-state index contributed by atoms with van der Waals surface area (Å²) in [4.78, 5) is 25.5. The van der Waals surface area contributed by atoms with E-state index in [-0.39, 0.29) is 23.3 Å². The second kappa shape index (κ2) is 5.65. The van der Waals surface area contributed by atoms with E-state index in [1.54, 1.807) is 0 Å². The first-order valence-corrected chi connectivity index (χ1v) is 8.36. The highest BCUT2D eigenvalue weighted by atomic mass is 16.4. The van der Waals surface area contributed by atoms with Crippen LogP contribution in [0.25, 0.3) is 0 Å². The topological polar surface area (TPSA) is 75.4 Å². The molecule has 6 heteroatoms. The Balaban J connectivity index is 1.54. The standard InChI is InChI=1S/C17H25N3O3/c1-11-8-12(2)20(18-11)13(3)9-15(21)19-6-4-17(5-7-19)10-14(17)16(22)23/h8,13-14H,4-7,9-10H2,1-3H3,(H,22,23).